The monoisotopic (exact) mass is 363 g/mol. The average molecular weight is 363 g/mol. The van der Waals surface area contributed by atoms with Crippen LogP contribution >= 0.6 is 11.5 Å². The molecule has 3 aliphatic heterocycles. The van der Waals surface area contributed by atoms with E-state index in [9.17, 15) is 4.79 Å². The molecular formula is C17H21N3O4S. The number of hydrogen-bond donors (Lipinski definition) is 2. The third-order valence-corrected chi connectivity index (χ3v) is 5.69. The summed E-state index contributed by atoms with van der Waals surface area (Å²) < 4.78 is 10.6. The van der Waals surface area contributed by atoms with E-state index in [0.29, 0.717) is 11.6 Å². The van der Waals surface area contributed by atoms with Crippen LogP contribution in [0, 0.1) is 5.92 Å². The largest absolute Gasteiger partial charge is 0.497 e. The molecule has 7 nitrogen and oxygen atoms in total. The topological polar surface area (TPSA) is 91.8 Å². The zero-order valence-electron chi connectivity index (χ0n) is 14.0. The number of fused-ring (bicyclic) bond motifs is 4. The van der Waals surface area contributed by atoms with Crippen molar-refractivity contribution in [3.05, 3.63) is 23.9 Å². The third kappa shape index (κ3) is 3.74. The van der Waals surface area contributed by atoms with Crippen molar-refractivity contribution in [2.24, 2.45) is 5.92 Å². The highest BCUT2D eigenvalue weighted by Gasteiger charge is 2.35. The molecule has 2 N–H and O–H groups in total. The van der Waals surface area contributed by atoms with Crippen LogP contribution in [0.25, 0.3) is 10.1 Å². The Balaban J connectivity index is 0.000000569. The first kappa shape index (κ1) is 17.6. The minimum absolute atomic E-state index is 0.0572. The van der Waals surface area contributed by atoms with Gasteiger partial charge in [-0.25, -0.2) is 0 Å². The van der Waals surface area contributed by atoms with E-state index in [2.05, 4.69) is 14.6 Å². The van der Waals surface area contributed by atoms with Crippen LogP contribution in [0.2, 0.25) is 0 Å². The van der Waals surface area contributed by atoms with Crippen molar-refractivity contribution in [3.63, 3.8) is 0 Å². The number of carbonyl (C=O) groups excluding carboxylic acids is 1. The predicted molar refractivity (Wildman–Crippen MR) is 95.3 cm³/mol. The van der Waals surface area contributed by atoms with Crippen molar-refractivity contribution in [2.75, 3.05) is 26.7 Å². The summed E-state index contributed by atoms with van der Waals surface area (Å²) in [7, 11) is 1.63. The molecule has 0 spiro atoms. The molecule has 0 radical (unpaired) electrons. The Morgan fingerprint density at radius 1 is 1.44 bits per heavy atom. The standard InChI is InChI=1S/C16H19N3O2S.CH2O2/c1-21-11-2-3-14-12(8-11)15(18-22-14)16(20)17-13-9-19-6-4-10(13)5-7-19;2-1-3/h2-3,8,10,13H,4-7,9H2,1H3,(H,17,20);1H,(H,2,3)/t13-;/m1./s1. The van der Waals surface area contributed by atoms with Crippen LogP contribution < -0.4 is 10.1 Å². The predicted octanol–water partition coefficient (Wildman–Crippen LogP) is 1.83. The van der Waals surface area contributed by atoms with Crippen molar-refractivity contribution in [1.82, 2.24) is 14.6 Å². The smallest absolute Gasteiger partial charge is 0.290 e. The normalized spacial score (nSPS) is 24.3. The second-order valence-corrected chi connectivity index (χ2v) is 7.02. The summed E-state index contributed by atoms with van der Waals surface area (Å²) in [6.45, 7) is 3.07. The number of benzene rings is 1. The molecule has 5 rings (SSSR count). The number of rotatable bonds is 3. The number of nitrogens with one attached hydrogen (secondary N) is 1. The summed E-state index contributed by atoms with van der Waals surface area (Å²) in [6, 6.07) is 6.01. The molecule has 0 aliphatic carbocycles. The molecule has 0 saturated carbocycles. The van der Waals surface area contributed by atoms with E-state index >= 15 is 0 Å². The lowest BCUT2D eigenvalue weighted by Gasteiger charge is -2.44. The van der Waals surface area contributed by atoms with Gasteiger partial charge in [0, 0.05) is 18.0 Å². The highest BCUT2D eigenvalue weighted by atomic mass is 32.1. The van der Waals surface area contributed by atoms with E-state index in [-0.39, 0.29) is 18.4 Å². The average Bonchev–Trinajstić information content (AvgIpc) is 3.06. The number of piperidine rings is 3. The lowest BCUT2D eigenvalue weighted by molar-refractivity contribution is -0.122. The van der Waals surface area contributed by atoms with E-state index in [1.54, 1.807) is 7.11 Å². The van der Waals surface area contributed by atoms with Crippen LogP contribution in [0.1, 0.15) is 23.3 Å². The molecular weight excluding hydrogens is 342 g/mol. The van der Waals surface area contributed by atoms with Gasteiger partial charge in [0.05, 0.1) is 11.8 Å². The Morgan fingerprint density at radius 2 is 2.16 bits per heavy atom. The Kier molecular flexibility index (Phi) is 5.50. The van der Waals surface area contributed by atoms with Crippen molar-refractivity contribution in [3.8, 4) is 5.75 Å². The Morgan fingerprint density at radius 3 is 2.76 bits per heavy atom. The minimum atomic E-state index is -0.250. The molecule has 8 heteroatoms. The molecule has 1 atom stereocenters. The highest BCUT2D eigenvalue weighted by Crippen LogP contribution is 2.29. The van der Waals surface area contributed by atoms with Gasteiger partial charge >= 0.3 is 0 Å². The molecule has 2 aromatic rings. The maximum Gasteiger partial charge on any atom is 0.290 e. The summed E-state index contributed by atoms with van der Waals surface area (Å²) in [6.07, 6.45) is 2.38. The fraction of sp³-hybridized carbons (Fsp3) is 0.471. The van der Waals surface area contributed by atoms with Crippen LogP contribution in [0.3, 0.4) is 0 Å². The molecule has 0 unspecified atom stereocenters. The number of carboxylic acid groups (broad SMARTS) is 1. The molecule has 2 bridgehead atoms. The molecule has 3 aliphatic rings. The first-order chi connectivity index (χ1) is 12.2. The third-order valence-electron chi connectivity index (χ3n) is 4.86. The summed E-state index contributed by atoms with van der Waals surface area (Å²) in [5.74, 6) is 1.32. The molecule has 4 heterocycles. The van der Waals surface area contributed by atoms with Gasteiger partial charge in [0.25, 0.3) is 12.4 Å². The van der Waals surface area contributed by atoms with Gasteiger partial charge in [0.15, 0.2) is 0 Å². The summed E-state index contributed by atoms with van der Waals surface area (Å²) >= 11 is 1.36. The van der Waals surface area contributed by atoms with Gasteiger partial charge in [-0.15, -0.1) is 0 Å². The second-order valence-electron chi connectivity index (χ2n) is 6.22. The zero-order chi connectivity index (χ0) is 17.8. The molecule has 1 aromatic carbocycles. The van der Waals surface area contributed by atoms with Gasteiger partial charge in [-0.05, 0) is 61.6 Å². The first-order valence-corrected chi connectivity index (χ1v) is 8.98. The van der Waals surface area contributed by atoms with E-state index in [1.807, 2.05) is 18.2 Å². The van der Waals surface area contributed by atoms with Crippen LogP contribution in [-0.2, 0) is 4.79 Å². The SMILES string of the molecule is COc1ccc2snc(C(=O)N[C@@H]3CN4CCC3CC4)c2c1.O=CO. The van der Waals surface area contributed by atoms with E-state index in [1.165, 1.54) is 37.5 Å². The summed E-state index contributed by atoms with van der Waals surface area (Å²) in [4.78, 5) is 23.4. The van der Waals surface area contributed by atoms with Crippen molar-refractivity contribution in [2.45, 2.75) is 18.9 Å². The number of carbonyl (C=O) groups is 2. The van der Waals surface area contributed by atoms with Crippen LogP contribution in [0.5, 0.6) is 5.75 Å². The summed E-state index contributed by atoms with van der Waals surface area (Å²) in [5.41, 5.74) is 0.523. The highest BCUT2D eigenvalue weighted by molar-refractivity contribution is 7.13. The van der Waals surface area contributed by atoms with Gasteiger partial charge in [-0.3, -0.25) is 9.59 Å². The lowest BCUT2D eigenvalue weighted by atomic mass is 9.84. The van der Waals surface area contributed by atoms with Crippen LogP contribution in [0.15, 0.2) is 18.2 Å². The van der Waals surface area contributed by atoms with Gasteiger partial charge in [0.2, 0.25) is 0 Å². The summed E-state index contributed by atoms with van der Waals surface area (Å²) in [5, 5.41) is 11.0. The zero-order valence-corrected chi connectivity index (χ0v) is 14.8. The molecule has 3 saturated heterocycles. The van der Waals surface area contributed by atoms with Crippen LogP contribution in [0.4, 0.5) is 0 Å². The van der Waals surface area contributed by atoms with E-state index in [4.69, 9.17) is 14.6 Å². The number of nitrogens with zero attached hydrogens (tertiary/aromatic N) is 2. The van der Waals surface area contributed by atoms with Crippen molar-refractivity contribution >= 4 is 34.0 Å². The Labute approximate surface area is 149 Å². The van der Waals surface area contributed by atoms with Gasteiger partial charge in [0.1, 0.15) is 11.4 Å². The van der Waals surface area contributed by atoms with Crippen LogP contribution in [-0.4, -0.2) is 59.5 Å². The molecule has 134 valence electrons. The number of ether oxygens (including phenoxy) is 1. The minimum Gasteiger partial charge on any atom is -0.497 e. The fourth-order valence-corrected chi connectivity index (χ4v) is 4.33. The van der Waals surface area contributed by atoms with E-state index in [0.717, 1.165) is 22.4 Å². The van der Waals surface area contributed by atoms with E-state index < -0.39 is 0 Å². The van der Waals surface area contributed by atoms with Gasteiger partial charge in [-0.2, -0.15) is 4.37 Å². The molecule has 3 fully saturated rings. The molecule has 25 heavy (non-hydrogen) atoms. The maximum absolute atomic E-state index is 12.6. The fourth-order valence-electron chi connectivity index (χ4n) is 3.57. The van der Waals surface area contributed by atoms with Gasteiger partial charge < -0.3 is 20.1 Å². The number of hydrogen-bond acceptors (Lipinski definition) is 6. The number of amides is 1. The maximum atomic E-state index is 12.6. The number of aromatic nitrogens is 1. The first-order valence-electron chi connectivity index (χ1n) is 8.20. The number of methoxy groups -OCH3 is 1. The Bertz CT molecular complexity index is 755. The lowest BCUT2D eigenvalue weighted by Crippen LogP contribution is -2.57. The van der Waals surface area contributed by atoms with Gasteiger partial charge in [-0.1, -0.05) is 0 Å². The second kappa shape index (κ2) is 7.79. The quantitative estimate of drug-likeness (QED) is 0.809. The molecule has 1 aromatic heterocycles. The Hall–Kier alpha value is -2.19. The van der Waals surface area contributed by atoms with Crippen molar-refractivity contribution < 1.29 is 19.4 Å². The van der Waals surface area contributed by atoms with Crippen molar-refractivity contribution in [1.29, 1.82) is 0 Å². The molecule has 1 amide bonds.